The molecule has 0 atom stereocenters. The second kappa shape index (κ2) is 4.52. The predicted molar refractivity (Wildman–Crippen MR) is 51.5 cm³/mol. The van der Waals surface area contributed by atoms with E-state index >= 15 is 0 Å². The van der Waals surface area contributed by atoms with Crippen LogP contribution >= 0.6 is 0 Å². The predicted octanol–water partition coefficient (Wildman–Crippen LogP) is 0.163. The van der Waals surface area contributed by atoms with Crippen molar-refractivity contribution in [3.8, 4) is 0 Å². The van der Waals surface area contributed by atoms with E-state index < -0.39 is 0 Å². The van der Waals surface area contributed by atoms with Crippen molar-refractivity contribution in [3.63, 3.8) is 0 Å². The lowest BCUT2D eigenvalue weighted by molar-refractivity contribution is 0.0598. The molecule has 5 nitrogen and oxygen atoms in total. The number of hydrogen-bond donors (Lipinski definition) is 1. The molecule has 5 heteroatoms. The van der Waals surface area contributed by atoms with Gasteiger partial charge in [-0.2, -0.15) is 5.10 Å². The van der Waals surface area contributed by atoms with Gasteiger partial charge in [0.15, 0.2) is 0 Å². The Bertz CT molecular complexity index is 280. The molecule has 0 bridgehead atoms. The fourth-order valence-corrected chi connectivity index (χ4v) is 1.77. The normalized spacial score (nSPS) is 18.6. The van der Waals surface area contributed by atoms with Crippen LogP contribution in [0.1, 0.15) is 18.7 Å². The maximum absolute atomic E-state index is 5.55. The van der Waals surface area contributed by atoms with E-state index in [0.717, 1.165) is 38.4 Å². The van der Waals surface area contributed by atoms with E-state index in [4.69, 9.17) is 10.5 Å². The van der Waals surface area contributed by atoms with Gasteiger partial charge in [0.1, 0.15) is 12.2 Å². The van der Waals surface area contributed by atoms with Crippen molar-refractivity contribution in [1.29, 1.82) is 0 Å². The Morgan fingerprint density at radius 3 is 3.00 bits per heavy atom. The molecule has 0 saturated carbocycles. The molecule has 1 aromatic rings. The summed E-state index contributed by atoms with van der Waals surface area (Å²) in [4.78, 5) is 4.10. The Balaban J connectivity index is 1.95. The molecule has 1 fully saturated rings. The van der Waals surface area contributed by atoms with Crippen molar-refractivity contribution in [2.75, 3.05) is 13.2 Å². The van der Waals surface area contributed by atoms with Gasteiger partial charge in [-0.3, -0.25) is 0 Å². The highest BCUT2D eigenvalue weighted by atomic mass is 16.5. The molecule has 14 heavy (non-hydrogen) atoms. The molecule has 78 valence electrons. The summed E-state index contributed by atoms with van der Waals surface area (Å²) in [6, 6.07) is 0. The molecular formula is C9H16N4O. The first-order chi connectivity index (χ1) is 6.90. The summed E-state index contributed by atoms with van der Waals surface area (Å²) < 4.78 is 7.22. The van der Waals surface area contributed by atoms with Crippen LogP contribution in [0.3, 0.4) is 0 Å². The Hall–Kier alpha value is -0.940. The van der Waals surface area contributed by atoms with Gasteiger partial charge in [-0.15, -0.1) is 0 Å². The van der Waals surface area contributed by atoms with E-state index in [-0.39, 0.29) is 0 Å². The fourth-order valence-electron chi connectivity index (χ4n) is 1.77. The van der Waals surface area contributed by atoms with Crippen LogP contribution < -0.4 is 5.73 Å². The lowest BCUT2D eigenvalue weighted by atomic mass is 10.0. The largest absolute Gasteiger partial charge is 0.381 e. The van der Waals surface area contributed by atoms with Crippen molar-refractivity contribution in [2.24, 2.45) is 11.7 Å². The van der Waals surface area contributed by atoms with Gasteiger partial charge in [0, 0.05) is 19.8 Å². The van der Waals surface area contributed by atoms with Crippen molar-refractivity contribution in [3.05, 3.63) is 12.2 Å². The SMILES string of the molecule is NCc1ncnn1CC1CCOCC1. The summed E-state index contributed by atoms with van der Waals surface area (Å²) in [5.41, 5.74) is 5.55. The molecule has 0 radical (unpaired) electrons. The molecule has 1 saturated heterocycles. The van der Waals surface area contributed by atoms with Crippen LogP contribution in [-0.4, -0.2) is 28.0 Å². The fraction of sp³-hybridized carbons (Fsp3) is 0.778. The summed E-state index contributed by atoms with van der Waals surface area (Å²) in [5.74, 6) is 1.53. The van der Waals surface area contributed by atoms with Crippen molar-refractivity contribution < 1.29 is 4.74 Å². The van der Waals surface area contributed by atoms with Crippen LogP contribution in [0.15, 0.2) is 6.33 Å². The minimum Gasteiger partial charge on any atom is -0.381 e. The first-order valence-corrected chi connectivity index (χ1v) is 5.04. The molecule has 0 amide bonds. The molecule has 2 N–H and O–H groups in total. The van der Waals surface area contributed by atoms with E-state index in [1.807, 2.05) is 4.68 Å². The minimum absolute atomic E-state index is 0.462. The Kier molecular flexibility index (Phi) is 3.10. The van der Waals surface area contributed by atoms with E-state index in [9.17, 15) is 0 Å². The van der Waals surface area contributed by atoms with Gasteiger partial charge in [0.25, 0.3) is 0 Å². The van der Waals surface area contributed by atoms with Gasteiger partial charge in [-0.05, 0) is 18.8 Å². The van der Waals surface area contributed by atoms with Gasteiger partial charge in [-0.25, -0.2) is 9.67 Å². The zero-order valence-electron chi connectivity index (χ0n) is 8.22. The Labute approximate surface area is 83.3 Å². The molecular weight excluding hydrogens is 180 g/mol. The first kappa shape index (κ1) is 9.61. The topological polar surface area (TPSA) is 66.0 Å². The number of rotatable bonds is 3. The number of nitrogens with two attached hydrogens (primary N) is 1. The second-order valence-electron chi connectivity index (χ2n) is 3.62. The van der Waals surface area contributed by atoms with Crippen molar-refractivity contribution >= 4 is 0 Å². The van der Waals surface area contributed by atoms with E-state index in [1.54, 1.807) is 6.33 Å². The number of ether oxygens (including phenoxy) is 1. The quantitative estimate of drug-likeness (QED) is 0.748. The maximum atomic E-state index is 5.55. The Morgan fingerprint density at radius 2 is 2.29 bits per heavy atom. The molecule has 1 aromatic heterocycles. The first-order valence-electron chi connectivity index (χ1n) is 5.04. The third kappa shape index (κ3) is 2.10. The van der Waals surface area contributed by atoms with Crippen molar-refractivity contribution in [2.45, 2.75) is 25.9 Å². The lowest BCUT2D eigenvalue weighted by Gasteiger charge is -2.22. The molecule has 2 heterocycles. The molecule has 0 aromatic carbocycles. The van der Waals surface area contributed by atoms with Crippen LogP contribution in [-0.2, 0) is 17.8 Å². The van der Waals surface area contributed by atoms with Crippen LogP contribution in [0.25, 0.3) is 0 Å². The summed E-state index contributed by atoms with van der Waals surface area (Å²) in [7, 11) is 0. The third-order valence-electron chi connectivity index (χ3n) is 2.65. The standard InChI is InChI=1S/C9H16N4O/c10-5-9-11-7-12-13(9)6-8-1-3-14-4-2-8/h7-8H,1-6,10H2. The van der Waals surface area contributed by atoms with Crippen molar-refractivity contribution in [1.82, 2.24) is 14.8 Å². The molecule has 0 unspecified atom stereocenters. The van der Waals surface area contributed by atoms with Gasteiger partial charge in [0.05, 0.1) is 6.54 Å². The third-order valence-corrected chi connectivity index (χ3v) is 2.65. The molecule has 0 aliphatic carbocycles. The van der Waals surface area contributed by atoms with Gasteiger partial charge >= 0.3 is 0 Å². The monoisotopic (exact) mass is 196 g/mol. The van der Waals surface area contributed by atoms with E-state index in [2.05, 4.69) is 10.1 Å². The van der Waals surface area contributed by atoms with E-state index in [0.29, 0.717) is 12.5 Å². The number of aromatic nitrogens is 3. The summed E-state index contributed by atoms with van der Waals surface area (Å²) in [6.07, 6.45) is 3.80. The molecule has 0 spiro atoms. The minimum atomic E-state index is 0.462. The molecule has 1 aliphatic rings. The molecule has 1 aliphatic heterocycles. The summed E-state index contributed by atoms with van der Waals surface area (Å²) in [6.45, 7) is 3.13. The van der Waals surface area contributed by atoms with Gasteiger partial charge in [-0.1, -0.05) is 0 Å². The highest BCUT2D eigenvalue weighted by Gasteiger charge is 2.15. The van der Waals surface area contributed by atoms with E-state index in [1.165, 1.54) is 0 Å². The van der Waals surface area contributed by atoms with Crippen LogP contribution in [0, 0.1) is 5.92 Å². The van der Waals surface area contributed by atoms with Crippen LogP contribution in [0.4, 0.5) is 0 Å². The maximum Gasteiger partial charge on any atom is 0.140 e. The van der Waals surface area contributed by atoms with Gasteiger partial charge in [0.2, 0.25) is 0 Å². The lowest BCUT2D eigenvalue weighted by Crippen LogP contribution is -2.22. The second-order valence-corrected chi connectivity index (χ2v) is 3.62. The Morgan fingerprint density at radius 1 is 1.50 bits per heavy atom. The zero-order chi connectivity index (χ0) is 9.80. The highest BCUT2D eigenvalue weighted by Crippen LogP contribution is 2.16. The van der Waals surface area contributed by atoms with Crippen LogP contribution in [0.2, 0.25) is 0 Å². The highest BCUT2D eigenvalue weighted by molar-refractivity contribution is 4.83. The number of nitrogens with zero attached hydrogens (tertiary/aromatic N) is 3. The average Bonchev–Trinajstić information content (AvgIpc) is 2.67. The van der Waals surface area contributed by atoms with Crippen LogP contribution in [0.5, 0.6) is 0 Å². The number of hydrogen-bond acceptors (Lipinski definition) is 4. The smallest absolute Gasteiger partial charge is 0.140 e. The summed E-state index contributed by atoms with van der Waals surface area (Å²) in [5, 5.41) is 4.17. The molecule has 2 rings (SSSR count). The average molecular weight is 196 g/mol. The van der Waals surface area contributed by atoms with Gasteiger partial charge < -0.3 is 10.5 Å². The zero-order valence-corrected chi connectivity index (χ0v) is 8.22. The summed E-state index contributed by atoms with van der Waals surface area (Å²) >= 11 is 0.